The molecule has 0 saturated heterocycles. The van der Waals surface area contributed by atoms with Crippen LogP contribution in [0.3, 0.4) is 0 Å². The van der Waals surface area contributed by atoms with E-state index in [1.165, 1.54) is 12.4 Å². The normalized spacial score (nSPS) is 10.3. The summed E-state index contributed by atoms with van der Waals surface area (Å²) in [7, 11) is 0. The zero-order valence-corrected chi connectivity index (χ0v) is 14.2. The second kappa shape index (κ2) is 8.26. The van der Waals surface area contributed by atoms with E-state index in [2.05, 4.69) is 20.6 Å². The largest absolute Gasteiger partial charge is 0.350 e. The van der Waals surface area contributed by atoms with Crippen LogP contribution in [0.1, 0.15) is 21.5 Å². The summed E-state index contributed by atoms with van der Waals surface area (Å²) in [4.78, 5) is 20.5. The minimum atomic E-state index is -0.207. The maximum Gasteiger partial charge on any atom is 0.254 e. The van der Waals surface area contributed by atoms with Crippen LogP contribution in [0.15, 0.2) is 67.0 Å². The quantitative estimate of drug-likeness (QED) is 0.710. The lowest BCUT2D eigenvalue weighted by Crippen LogP contribution is -2.23. The number of nitrogens with zero attached hydrogens (tertiary/aromatic N) is 2. The first kappa shape index (κ1) is 16.9. The van der Waals surface area contributed by atoms with Gasteiger partial charge in [0.05, 0.1) is 5.56 Å². The molecule has 0 fully saturated rings. The van der Waals surface area contributed by atoms with E-state index in [9.17, 15) is 4.79 Å². The number of benzene rings is 2. The number of rotatable bonds is 6. The Labute approximate surface area is 151 Å². The summed E-state index contributed by atoms with van der Waals surface area (Å²) in [6.07, 6.45) is 3.00. The van der Waals surface area contributed by atoms with E-state index < -0.39 is 0 Å². The topological polar surface area (TPSA) is 66.9 Å². The Kier molecular flexibility index (Phi) is 5.59. The summed E-state index contributed by atoms with van der Waals surface area (Å²) in [6.45, 7) is 0.978. The summed E-state index contributed by atoms with van der Waals surface area (Å²) in [5, 5.41) is 6.62. The number of hydrogen-bond acceptors (Lipinski definition) is 4. The van der Waals surface area contributed by atoms with Crippen LogP contribution in [0, 0.1) is 0 Å². The molecule has 3 aromatic rings. The van der Waals surface area contributed by atoms with Gasteiger partial charge in [0.2, 0.25) is 5.95 Å². The Morgan fingerprint density at radius 3 is 2.32 bits per heavy atom. The van der Waals surface area contributed by atoms with Gasteiger partial charge in [-0.05, 0) is 17.2 Å². The molecule has 25 heavy (non-hydrogen) atoms. The second-order valence-electron chi connectivity index (χ2n) is 5.41. The summed E-state index contributed by atoms with van der Waals surface area (Å²) in [5.74, 6) is 0.237. The second-order valence-corrected chi connectivity index (χ2v) is 5.82. The monoisotopic (exact) mass is 352 g/mol. The van der Waals surface area contributed by atoms with E-state index in [1.807, 2.05) is 54.6 Å². The van der Waals surface area contributed by atoms with Crippen molar-refractivity contribution in [3.8, 4) is 0 Å². The van der Waals surface area contributed by atoms with Crippen LogP contribution in [0.4, 0.5) is 5.95 Å². The Balaban J connectivity index is 1.54. The Bertz CT molecular complexity index is 838. The standard InChI is InChI=1S/C19H17ClN4O/c20-17-9-5-4-8-15(17)11-22-19-23-12-16(13-24-19)18(25)21-10-14-6-2-1-3-7-14/h1-9,12-13H,10-11H2,(H,21,25)(H,22,23,24). The van der Waals surface area contributed by atoms with Crippen molar-refractivity contribution in [3.63, 3.8) is 0 Å². The third kappa shape index (κ3) is 4.78. The number of carbonyl (C=O) groups is 1. The Morgan fingerprint density at radius 1 is 0.920 bits per heavy atom. The van der Waals surface area contributed by atoms with Crippen molar-refractivity contribution in [2.45, 2.75) is 13.1 Å². The van der Waals surface area contributed by atoms with E-state index in [-0.39, 0.29) is 5.91 Å². The van der Waals surface area contributed by atoms with Crippen LogP contribution in [0.5, 0.6) is 0 Å². The van der Waals surface area contributed by atoms with Crippen molar-refractivity contribution in [1.82, 2.24) is 15.3 Å². The van der Waals surface area contributed by atoms with Gasteiger partial charge in [-0.1, -0.05) is 60.1 Å². The molecule has 0 aliphatic heterocycles. The molecule has 5 nitrogen and oxygen atoms in total. The van der Waals surface area contributed by atoms with Gasteiger partial charge in [-0.25, -0.2) is 9.97 Å². The number of halogens is 1. The molecule has 0 unspecified atom stereocenters. The molecule has 1 heterocycles. The van der Waals surface area contributed by atoms with E-state index >= 15 is 0 Å². The molecular weight excluding hydrogens is 336 g/mol. The predicted molar refractivity (Wildman–Crippen MR) is 98.4 cm³/mol. The van der Waals surface area contributed by atoms with Crippen LogP contribution in [-0.2, 0) is 13.1 Å². The minimum absolute atomic E-state index is 0.207. The number of anilines is 1. The smallest absolute Gasteiger partial charge is 0.254 e. The molecule has 2 N–H and O–H groups in total. The van der Waals surface area contributed by atoms with Crippen LogP contribution >= 0.6 is 11.6 Å². The molecule has 1 amide bonds. The molecule has 0 aliphatic rings. The molecule has 2 aromatic carbocycles. The van der Waals surface area contributed by atoms with Crippen molar-refractivity contribution in [3.05, 3.63) is 88.7 Å². The minimum Gasteiger partial charge on any atom is -0.350 e. The zero-order chi connectivity index (χ0) is 17.5. The molecule has 0 bridgehead atoms. The third-order valence-electron chi connectivity index (χ3n) is 3.60. The molecule has 126 valence electrons. The molecule has 1 aromatic heterocycles. The highest BCUT2D eigenvalue weighted by Crippen LogP contribution is 2.15. The van der Waals surface area contributed by atoms with Gasteiger partial charge in [0.25, 0.3) is 5.91 Å². The molecule has 3 rings (SSSR count). The maximum absolute atomic E-state index is 12.1. The first-order valence-electron chi connectivity index (χ1n) is 7.84. The molecule has 0 atom stereocenters. The summed E-state index contributed by atoms with van der Waals surface area (Å²) < 4.78 is 0. The van der Waals surface area contributed by atoms with Crippen molar-refractivity contribution >= 4 is 23.5 Å². The SMILES string of the molecule is O=C(NCc1ccccc1)c1cnc(NCc2ccccc2Cl)nc1. The number of carbonyl (C=O) groups excluding carboxylic acids is 1. The lowest BCUT2D eigenvalue weighted by Gasteiger charge is -2.08. The van der Waals surface area contributed by atoms with Crippen molar-refractivity contribution in [2.75, 3.05) is 5.32 Å². The average molecular weight is 353 g/mol. The van der Waals surface area contributed by atoms with Crippen molar-refractivity contribution in [1.29, 1.82) is 0 Å². The van der Waals surface area contributed by atoms with Gasteiger partial charge in [-0.3, -0.25) is 4.79 Å². The summed E-state index contributed by atoms with van der Waals surface area (Å²) in [6, 6.07) is 17.3. The number of aromatic nitrogens is 2. The molecule has 6 heteroatoms. The number of amides is 1. The molecule has 0 radical (unpaired) electrons. The molecular formula is C19H17ClN4O. The fraction of sp³-hybridized carbons (Fsp3) is 0.105. The van der Waals surface area contributed by atoms with Crippen molar-refractivity contribution in [2.24, 2.45) is 0 Å². The number of nitrogens with one attached hydrogen (secondary N) is 2. The first-order chi connectivity index (χ1) is 12.2. The van der Waals surface area contributed by atoms with Crippen molar-refractivity contribution < 1.29 is 4.79 Å². The Hall–Kier alpha value is -2.92. The summed E-state index contributed by atoms with van der Waals surface area (Å²) >= 11 is 6.11. The van der Waals surface area contributed by atoms with E-state index in [0.717, 1.165) is 11.1 Å². The molecule has 0 saturated carbocycles. The highest BCUT2D eigenvalue weighted by atomic mass is 35.5. The van der Waals surface area contributed by atoms with E-state index in [1.54, 1.807) is 0 Å². The van der Waals surface area contributed by atoms with Gasteiger partial charge in [0, 0.05) is 30.5 Å². The lowest BCUT2D eigenvalue weighted by atomic mass is 10.2. The average Bonchev–Trinajstić information content (AvgIpc) is 2.67. The highest BCUT2D eigenvalue weighted by Gasteiger charge is 2.07. The number of hydrogen-bond donors (Lipinski definition) is 2. The molecule has 0 spiro atoms. The fourth-order valence-corrected chi connectivity index (χ4v) is 2.44. The summed E-state index contributed by atoms with van der Waals surface area (Å²) in [5.41, 5.74) is 2.41. The lowest BCUT2D eigenvalue weighted by molar-refractivity contribution is 0.0950. The third-order valence-corrected chi connectivity index (χ3v) is 3.97. The van der Waals surface area contributed by atoms with Gasteiger partial charge in [0.1, 0.15) is 0 Å². The van der Waals surface area contributed by atoms with Crippen LogP contribution in [0.25, 0.3) is 0 Å². The van der Waals surface area contributed by atoms with Gasteiger partial charge in [-0.2, -0.15) is 0 Å². The maximum atomic E-state index is 12.1. The van der Waals surface area contributed by atoms with Crippen LogP contribution < -0.4 is 10.6 Å². The van der Waals surface area contributed by atoms with E-state index in [0.29, 0.717) is 29.6 Å². The van der Waals surface area contributed by atoms with Gasteiger partial charge < -0.3 is 10.6 Å². The predicted octanol–water partition coefficient (Wildman–Crippen LogP) is 3.67. The van der Waals surface area contributed by atoms with Crippen LogP contribution in [0.2, 0.25) is 5.02 Å². The van der Waals surface area contributed by atoms with Crippen LogP contribution in [-0.4, -0.2) is 15.9 Å². The van der Waals surface area contributed by atoms with Gasteiger partial charge in [0.15, 0.2) is 0 Å². The van der Waals surface area contributed by atoms with Gasteiger partial charge in [-0.15, -0.1) is 0 Å². The van der Waals surface area contributed by atoms with Gasteiger partial charge >= 0.3 is 0 Å². The first-order valence-corrected chi connectivity index (χ1v) is 8.21. The van der Waals surface area contributed by atoms with E-state index in [4.69, 9.17) is 11.6 Å². The fourth-order valence-electron chi connectivity index (χ4n) is 2.23. The Morgan fingerprint density at radius 2 is 1.60 bits per heavy atom. The highest BCUT2D eigenvalue weighted by molar-refractivity contribution is 6.31. The zero-order valence-electron chi connectivity index (χ0n) is 13.4. The molecule has 0 aliphatic carbocycles.